The molecule has 3 rings (SSSR count). The Hall–Kier alpha value is -3.01. The molecule has 0 aliphatic rings. The first-order valence-electron chi connectivity index (χ1n) is 8.32. The van der Waals surface area contributed by atoms with E-state index < -0.39 is 0 Å². The maximum absolute atomic E-state index is 12.2. The maximum Gasteiger partial charge on any atom is 0.315 e. The molecule has 25 heavy (non-hydrogen) atoms. The molecule has 0 aliphatic carbocycles. The molecule has 0 aromatic heterocycles. The minimum absolute atomic E-state index is 0.0742. The lowest BCUT2D eigenvalue weighted by Crippen LogP contribution is -2.36. The molecule has 2 amide bonds. The molecular formula is C21H22N2O2. The highest BCUT2D eigenvalue weighted by atomic mass is 16.5. The summed E-state index contributed by atoms with van der Waals surface area (Å²) < 4.78 is 5.19. The Labute approximate surface area is 147 Å². The van der Waals surface area contributed by atoms with Crippen molar-refractivity contribution in [3.8, 4) is 5.75 Å². The van der Waals surface area contributed by atoms with Crippen LogP contribution in [0.25, 0.3) is 10.8 Å². The van der Waals surface area contributed by atoms with E-state index in [1.54, 1.807) is 7.11 Å². The van der Waals surface area contributed by atoms with Gasteiger partial charge in [-0.2, -0.15) is 0 Å². The van der Waals surface area contributed by atoms with Gasteiger partial charge >= 0.3 is 6.03 Å². The van der Waals surface area contributed by atoms with Gasteiger partial charge in [0.25, 0.3) is 0 Å². The third-order valence-electron chi connectivity index (χ3n) is 4.21. The molecule has 3 aromatic rings. The fourth-order valence-electron chi connectivity index (χ4n) is 2.77. The number of nitrogens with one attached hydrogen (secondary N) is 2. The van der Waals surface area contributed by atoms with Crippen LogP contribution in [0.5, 0.6) is 5.75 Å². The Morgan fingerprint density at radius 3 is 2.60 bits per heavy atom. The molecule has 0 fully saturated rings. The van der Waals surface area contributed by atoms with Crippen LogP contribution in [-0.2, 0) is 6.54 Å². The van der Waals surface area contributed by atoms with E-state index in [1.165, 1.54) is 10.8 Å². The Balaban J connectivity index is 1.59. The molecule has 3 aromatic carbocycles. The average Bonchev–Trinajstić information content (AvgIpc) is 2.66. The van der Waals surface area contributed by atoms with Crippen molar-refractivity contribution >= 4 is 16.8 Å². The second-order valence-corrected chi connectivity index (χ2v) is 6.01. The monoisotopic (exact) mass is 334 g/mol. The van der Waals surface area contributed by atoms with Crippen LogP contribution in [0.15, 0.2) is 66.7 Å². The SMILES string of the molecule is COc1cccc(CNC(=O)N[C@H](C)c2ccc3ccccc3c2)c1. The predicted molar refractivity (Wildman–Crippen MR) is 101 cm³/mol. The van der Waals surface area contributed by atoms with E-state index in [2.05, 4.69) is 41.0 Å². The van der Waals surface area contributed by atoms with Crippen LogP contribution >= 0.6 is 0 Å². The molecule has 0 bridgehead atoms. The summed E-state index contributed by atoms with van der Waals surface area (Å²) in [5.74, 6) is 0.782. The fraction of sp³-hybridized carbons (Fsp3) is 0.190. The summed E-state index contributed by atoms with van der Waals surface area (Å²) in [5, 5.41) is 8.23. The van der Waals surface area contributed by atoms with Crippen molar-refractivity contribution in [2.24, 2.45) is 0 Å². The van der Waals surface area contributed by atoms with Crippen molar-refractivity contribution in [1.29, 1.82) is 0 Å². The van der Waals surface area contributed by atoms with Gasteiger partial charge in [0.05, 0.1) is 13.2 Å². The van der Waals surface area contributed by atoms with Crippen molar-refractivity contribution in [2.75, 3.05) is 7.11 Å². The smallest absolute Gasteiger partial charge is 0.315 e. The summed E-state index contributed by atoms with van der Waals surface area (Å²) >= 11 is 0. The zero-order valence-electron chi connectivity index (χ0n) is 14.5. The van der Waals surface area contributed by atoms with E-state index in [0.29, 0.717) is 6.54 Å². The summed E-state index contributed by atoms with van der Waals surface area (Å²) in [6, 6.07) is 21.8. The van der Waals surface area contributed by atoms with Crippen LogP contribution in [0.3, 0.4) is 0 Å². The second kappa shape index (κ2) is 7.71. The molecule has 0 radical (unpaired) electrons. The van der Waals surface area contributed by atoms with Gasteiger partial charge in [-0.1, -0.05) is 48.5 Å². The van der Waals surface area contributed by atoms with Crippen LogP contribution in [-0.4, -0.2) is 13.1 Å². The normalized spacial score (nSPS) is 11.8. The van der Waals surface area contributed by atoms with Gasteiger partial charge in [0.2, 0.25) is 0 Å². The zero-order valence-corrected chi connectivity index (χ0v) is 14.5. The molecule has 0 heterocycles. The van der Waals surface area contributed by atoms with E-state index in [9.17, 15) is 4.79 Å². The maximum atomic E-state index is 12.2. The first-order chi connectivity index (χ1) is 12.2. The quantitative estimate of drug-likeness (QED) is 0.726. The molecule has 0 spiro atoms. The summed E-state index contributed by atoms with van der Waals surface area (Å²) in [4.78, 5) is 12.2. The van der Waals surface area contributed by atoms with E-state index in [0.717, 1.165) is 16.9 Å². The van der Waals surface area contributed by atoms with Crippen LogP contribution in [0.2, 0.25) is 0 Å². The molecule has 1 atom stereocenters. The Bertz CT molecular complexity index is 876. The van der Waals surface area contributed by atoms with Crippen molar-refractivity contribution in [3.05, 3.63) is 77.9 Å². The lowest BCUT2D eigenvalue weighted by molar-refractivity contribution is 0.237. The lowest BCUT2D eigenvalue weighted by atomic mass is 10.0. The van der Waals surface area contributed by atoms with Gasteiger partial charge < -0.3 is 15.4 Å². The molecule has 0 saturated heterocycles. The van der Waals surface area contributed by atoms with Gasteiger partial charge in [0, 0.05) is 6.54 Å². The van der Waals surface area contributed by atoms with Crippen molar-refractivity contribution in [3.63, 3.8) is 0 Å². The number of ether oxygens (including phenoxy) is 1. The molecule has 0 saturated carbocycles. The van der Waals surface area contributed by atoms with E-state index in [-0.39, 0.29) is 12.1 Å². The third-order valence-corrected chi connectivity index (χ3v) is 4.21. The average molecular weight is 334 g/mol. The van der Waals surface area contributed by atoms with Gasteiger partial charge in [0.1, 0.15) is 5.75 Å². The minimum atomic E-state index is -0.191. The summed E-state index contributed by atoms with van der Waals surface area (Å²) in [5.41, 5.74) is 2.07. The molecule has 0 unspecified atom stereocenters. The Morgan fingerprint density at radius 2 is 1.80 bits per heavy atom. The minimum Gasteiger partial charge on any atom is -0.497 e. The van der Waals surface area contributed by atoms with Crippen molar-refractivity contribution in [2.45, 2.75) is 19.5 Å². The van der Waals surface area contributed by atoms with Gasteiger partial charge in [0.15, 0.2) is 0 Å². The highest BCUT2D eigenvalue weighted by Gasteiger charge is 2.10. The number of carbonyl (C=O) groups excluding carboxylic acids is 1. The fourth-order valence-corrected chi connectivity index (χ4v) is 2.77. The van der Waals surface area contributed by atoms with Crippen LogP contribution < -0.4 is 15.4 Å². The molecular weight excluding hydrogens is 312 g/mol. The van der Waals surface area contributed by atoms with Crippen LogP contribution in [0, 0.1) is 0 Å². The zero-order chi connectivity index (χ0) is 17.6. The van der Waals surface area contributed by atoms with Crippen LogP contribution in [0.1, 0.15) is 24.1 Å². The number of amides is 2. The standard InChI is InChI=1S/C21H22N2O2/c1-15(18-11-10-17-7-3-4-8-19(17)13-18)23-21(24)22-14-16-6-5-9-20(12-16)25-2/h3-13,15H,14H2,1-2H3,(H2,22,23,24)/t15-/m1/s1. The number of methoxy groups -OCH3 is 1. The van der Waals surface area contributed by atoms with E-state index in [1.807, 2.05) is 43.3 Å². The molecule has 4 heteroatoms. The first kappa shape index (κ1) is 16.8. The Kier molecular flexibility index (Phi) is 5.19. The number of benzene rings is 3. The van der Waals surface area contributed by atoms with Crippen LogP contribution in [0.4, 0.5) is 4.79 Å². The highest BCUT2D eigenvalue weighted by molar-refractivity contribution is 5.83. The van der Waals surface area contributed by atoms with Gasteiger partial charge in [-0.05, 0) is 47.0 Å². The third kappa shape index (κ3) is 4.29. The summed E-state index contributed by atoms with van der Waals surface area (Å²) in [6.07, 6.45) is 0. The highest BCUT2D eigenvalue weighted by Crippen LogP contribution is 2.20. The number of rotatable bonds is 5. The Morgan fingerprint density at radius 1 is 1.00 bits per heavy atom. The summed E-state index contributed by atoms with van der Waals surface area (Å²) in [7, 11) is 1.63. The number of urea groups is 1. The first-order valence-corrected chi connectivity index (χ1v) is 8.32. The number of hydrogen-bond donors (Lipinski definition) is 2. The lowest BCUT2D eigenvalue weighted by Gasteiger charge is -2.16. The number of hydrogen-bond acceptors (Lipinski definition) is 2. The topological polar surface area (TPSA) is 50.4 Å². The van der Waals surface area contributed by atoms with E-state index in [4.69, 9.17) is 4.74 Å². The number of carbonyl (C=O) groups is 1. The molecule has 4 nitrogen and oxygen atoms in total. The predicted octanol–water partition coefficient (Wildman–Crippen LogP) is 4.41. The molecule has 128 valence electrons. The molecule has 0 aliphatic heterocycles. The largest absolute Gasteiger partial charge is 0.497 e. The number of fused-ring (bicyclic) bond motifs is 1. The van der Waals surface area contributed by atoms with E-state index >= 15 is 0 Å². The molecule has 2 N–H and O–H groups in total. The van der Waals surface area contributed by atoms with Gasteiger partial charge in [-0.15, -0.1) is 0 Å². The van der Waals surface area contributed by atoms with Crippen molar-refractivity contribution in [1.82, 2.24) is 10.6 Å². The van der Waals surface area contributed by atoms with Crippen molar-refractivity contribution < 1.29 is 9.53 Å². The van der Waals surface area contributed by atoms with Gasteiger partial charge in [-0.3, -0.25) is 0 Å². The van der Waals surface area contributed by atoms with Gasteiger partial charge in [-0.25, -0.2) is 4.79 Å². The summed E-state index contributed by atoms with van der Waals surface area (Å²) in [6.45, 7) is 2.43. The second-order valence-electron chi connectivity index (χ2n) is 6.01.